The van der Waals surface area contributed by atoms with Crippen LogP contribution >= 0.6 is 0 Å². The summed E-state index contributed by atoms with van der Waals surface area (Å²) in [6.07, 6.45) is 5.51. The number of aromatic nitrogens is 4. The Morgan fingerprint density at radius 1 is 1.20 bits per heavy atom. The van der Waals surface area contributed by atoms with E-state index >= 15 is 0 Å². The molecule has 35 heavy (non-hydrogen) atoms. The third kappa shape index (κ3) is 5.06. The fourth-order valence-electron chi connectivity index (χ4n) is 4.88. The summed E-state index contributed by atoms with van der Waals surface area (Å²) in [5, 5.41) is 1.00. The minimum atomic E-state index is -1.80. The van der Waals surface area contributed by atoms with Crippen molar-refractivity contribution in [1.29, 1.82) is 0 Å². The van der Waals surface area contributed by atoms with Crippen molar-refractivity contribution in [2.75, 3.05) is 31.3 Å². The van der Waals surface area contributed by atoms with Gasteiger partial charge in [0.1, 0.15) is 23.8 Å². The van der Waals surface area contributed by atoms with Gasteiger partial charge in [0.2, 0.25) is 0 Å². The van der Waals surface area contributed by atoms with Gasteiger partial charge in [-0.15, -0.1) is 0 Å². The van der Waals surface area contributed by atoms with Crippen molar-refractivity contribution in [2.24, 2.45) is 5.92 Å². The van der Waals surface area contributed by atoms with Crippen LogP contribution in [0, 0.1) is 5.92 Å². The summed E-state index contributed by atoms with van der Waals surface area (Å²) < 4.78 is 28.4. The zero-order valence-electron chi connectivity index (χ0n) is 19.8. The molecule has 0 aliphatic carbocycles. The average Bonchev–Trinajstić information content (AvgIpc) is 3.22. The lowest BCUT2D eigenvalue weighted by Crippen LogP contribution is -2.37. The summed E-state index contributed by atoms with van der Waals surface area (Å²) in [5.74, 6) is 1.89. The molecule has 3 aromatic heterocycles. The van der Waals surface area contributed by atoms with Gasteiger partial charge in [0.25, 0.3) is 0 Å². The normalized spacial score (nSPS) is 16.3. The van der Waals surface area contributed by atoms with Crippen molar-refractivity contribution < 1.29 is 13.5 Å². The first kappa shape index (κ1) is 23.8. The Labute approximate surface area is 206 Å². The summed E-state index contributed by atoms with van der Waals surface area (Å²) in [6.45, 7) is 5.38. The highest BCUT2D eigenvalue weighted by molar-refractivity contribution is 7.79. The molecule has 10 heteroatoms. The number of likely N-dealkylation sites (tertiary alicyclic amines) is 1. The first-order chi connectivity index (χ1) is 17.0. The van der Waals surface area contributed by atoms with Crippen molar-refractivity contribution in [3.63, 3.8) is 0 Å². The number of hydrogen-bond donors (Lipinski definition) is 2. The molecule has 0 saturated carbocycles. The number of imidazole rings is 1. The standard InChI is InChI=1S/C25H30N6O3S/c1-2-34-15-22-29-23-24(31(22)14-17-7-10-30(11-8-17)16-35(32)33)20-6-5-18(12-21(20)28-25(23)26)19-4-3-9-27-13-19/h3-6,9,12-13,17H,2,7-8,10-11,14-16H2,1H3,(H2,26,28)(H,32,33). The lowest BCUT2D eigenvalue weighted by atomic mass is 9.97. The maximum Gasteiger partial charge on any atom is 0.167 e. The van der Waals surface area contributed by atoms with Gasteiger partial charge in [-0.05, 0) is 56.5 Å². The highest BCUT2D eigenvalue weighted by Crippen LogP contribution is 2.33. The highest BCUT2D eigenvalue weighted by atomic mass is 32.2. The smallest absolute Gasteiger partial charge is 0.167 e. The molecule has 1 aliphatic rings. The van der Waals surface area contributed by atoms with Crippen LogP contribution in [0.15, 0.2) is 42.7 Å². The number of piperidine rings is 1. The van der Waals surface area contributed by atoms with Crippen LogP contribution in [-0.2, 0) is 29.0 Å². The van der Waals surface area contributed by atoms with Crippen LogP contribution in [-0.4, -0.2) is 58.8 Å². The highest BCUT2D eigenvalue weighted by Gasteiger charge is 2.24. The van der Waals surface area contributed by atoms with Gasteiger partial charge in [-0.2, -0.15) is 0 Å². The van der Waals surface area contributed by atoms with Crippen LogP contribution in [0.4, 0.5) is 5.82 Å². The molecule has 0 amide bonds. The Kier molecular flexibility index (Phi) is 7.05. The van der Waals surface area contributed by atoms with Gasteiger partial charge in [-0.25, -0.2) is 14.2 Å². The van der Waals surface area contributed by atoms with Crippen LogP contribution in [0.25, 0.3) is 33.1 Å². The fraction of sp³-hybridized carbons (Fsp3) is 0.400. The molecule has 0 bridgehead atoms. The van der Waals surface area contributed by atoms with Crippen molar-refractivity contribution in [2.45, 2.75) is 32.9 Å². The fourth-order valence-corrected chi connectivity index (χ4v) is 5.45. The Morgan fingerprint density at radius 2 is 2.03 bits per heavy atom. The molecule has 1 aliphatic heterocycles. The predicted molar refractivity (Wildman–Crippen MR) is 138 cm³/mol. The van der Waals surface area contributed by atoms with Crippen LogP contribution in [0.1, 0.15) is 25.6 Å². The van der Waals surface area contributed by atoms with Crippen LogP contribution < -0.4 is 5.73 Å². The molecule has 5 rings (SSSR count). The van der Waals surface area contributed by atoms with Gasteiger partial charge in [0, 0.05) is 36.5 Å². The summed E-state index contributed by atoms with van der Waals surface area (Å²) in [4.78, 5) is 15.8. The Morgan fingerprint density at radius 3 is 2.74 bits per heavy atom. The summed E-state index contributed by atoms with van der Waals surface area (Å²) in [7, 11) is 0. The number of ether oxygens (including phenoxy) is 1. The lowest BCUT2D eigenvalue weighted by Gasteiger charge is -2.31. The molecule has 1 unspecified atom stereocenters. The number of benzene rings is 1. The van der Waals surface area contributed by atoms with Gasteiger partial charge in [0.15, 0.2) is 16.9 Å². The second kappa shape index (κ2) is 10.4. The number of fused-ring (bicyclic) bond motifs is 3. The number of hydrogen-bond acceptors (Lipinski definition) is 7. The number of anilines is 1. The van der Waals surface area contributed by atoms with E-state index < -0.39 is 11.1 Å². The Hall–Kier alpha value is -2.92. The molecule has 1 atom stereocenters. The quantitative estimate of drug-likeness (QED) is 0.356. The largest absolute Gasteiger partial charge is 0.382 e. The second-order valence-corrected chi connectivity index (χ2v) is 9.86. The lowest BCUT2D eigenvalue weighted by molar-refractivity contribution is 0.123. The molecule has 1 saturated heterocycles. The predicted octanol–water partition coefficient (Wildman–Crippen LogP) is 3.66. The van der Waals surface area contributed by atoms with Gasteiger partial charge < -0.3 is 19.6 Å². The molecule has 4 aromatic rings. The summed E-state index contributed by atoms with van der Waals surface area (Å²) in [6, 6.07) is 10.2. The van der Waals surface area contributed by atoms with E-state index in [1.165, 1.54) is 0 Å². The molecular weight excluding hydrogens is 464 g/mol. The Bertz CT molecular complexity index is 1350. The van der Waals surface area contributed by atoms with E-state index in [1.807, 2.05) is 25.3 Å². The maximum atomic E-state index is 11.2. The summed E-state index contributed by atoms with van der Waals surface area (Å²) >= 11 is -1.80. The molecule has 1 fully saturated rings. The minimum absolute atomic E-state index is 0.211. The van der Waals surface area contributed by atoms with Crippen LogP contribution in [0.3, 0.4) is 0 Å². The molecule has 0 spiro atoms. The molecule has 4 heterocycles. The van der Waals surface area contributed by atoms with E-state index in [4.69, 9.17) is 20.4 Å². The number of nitrogen functional groups attached to an aromatic ring is 1. The zero-order chi connectivity index (χ0) is 24.4. The average molecular weight is 495 g/mol. The van der Waals surface area contributed by atoms with Gasteiger partial charge in [-0.1, -0.05) is 18.2 Å². The van der Waals surface area contributed by atoms with Crippen molar-refractivity contribution in [3.05, 3.63) is 48.5 Å². The number of pyridine rings is 2. The number of nitrogens with zero attached hydrogens (tertiary/aromatic N) is 5. The van der Waals surface area contributed by atoms with Gasteiger partial charge in [-0.3, -0.25) is 9.88 Å². The molecular formula is C25H30N6O3S. The number of nitrogens with two attached hydrogens (primary N) is 1. The van der Waals surface area contributed by atoms with E-state index in [2.05, 4.69) is 32.7 Å². The third-order valence-electron chi connectivity index (χ3n) is 6.65. The van der Waals surface area contributed by atoms with Gasteiger partial charge >= 0.3 is 0 Å². The van der Waals surface area contributed by atoms with Crippen molar-refractivity contribution in [3.8, 4) is 11.1 Å². The minimum Gasteiger partial charge on any atom is -0.382 e. The van der Waals surface area contributed by atoms with Gasteiger partial charge in [0.05, 0.1) is 11.0 Å². The second-order valence-electron chi connectivity index (χ2n) is 8.96. The molecule has 3 N–H and O–H groups in total. The summed E-state index contributed by atoms with van der Waals surface area (Å²) in [5.41, 5.74) is 11.0. The van der Waals surface area contributed by atoms with Crippen molar-refractivity contribution in [1.82, 2.24) is 24.4 Å². The molecule has 1 aromatic carbocycles. The monoisotopic (exact) mass is 494 g/mol. The topological polar surface area (TPSA) is 119 Å². The molecule has 184 valence electrons. The first-order valence-electron chi connectivity index (χ1n) is 11.9. The Balaban J connectivity index is 1.54. The first-order valence-corrected chi connectivity index (χ1v) is 13.2. The van der Waals surface area contributed by atoms with Crippen LogP contribution in [0.2, 0.25) is 0 Å². The number of rotatable bonds is 8. The van der Waals surface area contributed by atoms with E-state index in [0.29, 0.717) is 30.5 Å². The molecule has 0 radical (unpaired) electrons. The molecule has 9 nitrogen and oxygen atoms in total. The van der Waals surface area contributed by atoms with E-state index in [-0.39, 0.29) is 5.88 Å². The van der Waals surface area contributed by atoms with E-state index in [9.17, 15) is 8.76 Å². The van der Waals surface area contributed by atoms with Crippen molar-refractivity contribution >= 4 is 38.8 Å². The SMILES string of the molecule is CCOCc1nc2c(N)nc3cc(-c4cccnc4)ccc3c2n1CC1CCN(CS(=O)O)CC1. The zero-order valence-corrected chi connectivity index (χ0v) is 20.6. The van der Waals surface area contributed by atoms with E-state index in [0.717, 1.165) is 65.8 Å². The van der Waals surface area contributed by atoms with Crippen LogP contribution in [0.5, 0.6) is 0 Å². The third-order valence-corrected chi connectivity index (χ3v) is 7.24. The maximum absolute atomic E-state index is 11.2. The van der Waals surface area contributed by atoms with E-state index in [1.54, 1.807) is 6.20 Å².